The molecule has 0 aliphatic heterocycles. The lowest BCUT2D eigenvalue weighted by Crippen LogP contribution is -1.99. The van der Waals surface area contributed by atoms with Gasteiger partial charge in [-0.1, -0.05) is 42.1 Å². The fourth-order valence-electron chi connectivity index (χ4n) is 2.44. The zero-order valence-electron chi connectivity index (χ0n) is 15.5. The maximum absolute atomic E-state index is 11.3. The molecule has 0 radical (unpaired) electrons. The van der Waals surface area contributed by atoms with Crippen molar-refractivity contribution in [1.82, 2.24) is 14.9 Å². The standard InChI is InChI=1S/C19H19N5O3S/c1-3-27-18-10-9-16(11-17(18)24(25)26)12-20-23-14(2)21-22-19(23)28-13-15-7-5-4-6-8-15/h4-12H,3,13H2,1-2H3/b20-12-. The Balaban J connectivity index is 1.80. The predicted molar refractivity (Wildman–Crippen MR) is 108 cm³/mol. The minimum Gasteiger partial charge on any atom is -0.487 e. The van der Waals surface area contributed by atoms with Crippen molar-refractivity contribution in [1.29, 1.82) is 0 Å². The van der Waals surface area contributed by atoms with Crippen LogP contribution in [0.1, 0.15) is 23.9 Å². The molecule has 144 valence electrons. The molecule has 0 saturated carbocycles. The summed E-state index contributed by atoms with van der Waals surface area (Å²) in [6, 6.07) is 14.8. The zero-order valence-corrected chi connectivity index (χ0v) is 16.3. The molecule has 0 spiro atoms. The van der Waals surface area contributed by atoms with Gasteiger partial charge in [0.25, 0.3) is 0 Å². The van der Waals surface area contributed by atoms with Crippen molar-refractivity contribution in [2.75, 3.05) is 6.61 Å². The number of hydrogen-bond acceptors (Lipinski definition) is 7. The molecule has 0 amide bonds. The van der Waals surface area contributed by atoms with Crippen LogP contribution >= 0.6 is 11.8 Å². The highest BCUT2D eigenvalue weighted by Gasteiger charge is 2.15. The molecule has 0 atom stereocenters. The molecule has 0 bridgehead atoms. The van der Waals surface area contributed by atoms with Gasteiger partial charge in [-0.25, -0.2) is 0 Å². The van der Waals surface area contributed by atoms with Crippen LogP contribution in [-0.2, 0) is 5.75 Å². The molecule has 1 aromatic heterocycles. The molecule has 0 saturated heterocycles. The molecule has 8 nitrogen and oxygen atoms in total. The van der Waals surface area contributed by atoms with E-state index >= 15 is 0 Å². The second kappa shape index (κ2) is 9.14. The molecule has 28 heavy (non-hydrogen) atoms. The van der Waals surface area contributed by atoms with E-state index in [0.717, 1.165) is 5.75 Å². The Labute approximate surface area is 166 Å². The Kier molecular flexibility index (Phi) is 6.38. The Bertz CT molecular complexity index is 988. The number of thioether (sulfide) groups is 1. The van der Waals surface area contributed by atoms with Gasteiger partial charge in [-0.05, 0) is 31.5 Å². The topological polar surface area (TPSA) is 95.4 Å². The lowest BCUT2D eigenvalue weighted by Gasteiger charge is -2.05. The Morgan fingerprint density at radius 2 is 2.04 bits per heavy atom. The van der Waals surface area contributed by atoms with Crippen molar-refractivity contribution in [2.45, 2.75) is 24.8 Å². The smallest absolute Gasteiger partial charge is 0.311 e. The van der Waals surface area contributed by atoms with Crippen molar-refractivity contribution in [3.63, 3.8) is 0 Å². The van der Waals surface area contributed by atoms with Crippen molar-refractivity contribution in [2.24, 2.45) is 5.10 Å². The normalized spacial score (nSPS) is 11.1. The molecule has 0 aliphatic carbocycles. The monoisotopic (exact) mass is 397 g/mol. The Hall–Kier alpha value is -3.20. The van der Waals surface area contributed by atoms with Crippen LogP contribution in [0.5, 0.6) is 5.75 Å². The van der Waals surface area contributed by atoms with Gasteiger partial charge in [-0.2, -0.15) is 9.78 Å². The van der Waals surface area contributed by atoms with E-state index in [1.54, 1.807) is 36.9 Å². The van der Waals surface area contributed by atoms with E-state index in [1.165, 1.54) is 23.4 Å². The quantitative estimate of drug-likeness (QED) is 0.246. The third-order valence-corrected chi connectivity index (χ3v) is 4.77. The van der Waals surface area contributed by atoms with Crippen molar-refractivity contribution >= 4 is 23.7 Å². The largest absolute Gasteiger partial charge is 0.487 e. The SMILES string of the molecule is CCOc1ccc(/C=N\n2c(C)nnc2SCc2ccccc2)cc1[N+](=O)[O-]. The molecule has 0 unspecified atom stereocenters. The van der Waals surface area contributed by atoms with E-state index in [4.69, 9.17) is 4.74 Å². The van der Waals surface area contributed by atoms with Gasteiger partial charge >= 0.3 is 5.69 Å². The number of aryl methyl sites for hydroxylation is 1. The number of aromatic nitrogens is 3. The van der Waals surface area contributed by atoms with E-state index in [0.29, 0.717) is 23.2 Å². The minimum atomic E-state index is -0.465. The Morgan fingerprint density at radius 3 is 2.75 bits per heavy atom. The maximum atomic E-state index is 11.3. The number of rotatable bonds is 8. The van der Waals surface area contributed by atoms with Crippen molar-refractivity contribution in [3.8, 4) is 5.75 Å². The van der Waals surface area contributed by atoms with Crippen LogP contribution in [0.2, 0.25) is 0 Å². The summed E-state index contributed by atoms with van der Waals surface area (Å²) in [5.74, 6) is 1.61. The first-order valence-corrected chi connectivity index (χ1v) is 9.61. The number of hydrogen-bond donors (Lipinski definition) is 0. The summed E-state index contributed by atoms with van der Waals surface area (Å²) in [4.78, 5) is 10.8. The summed E-state index contributed by atoms with van der Waals surface area (Å²) in [5.41, 5.74) is 1.66. The first-order valence-electron chi connectivity index (χ1n) is 8.63. The number of ether oxygens (including phenoxy) is 1. The van der Waals surface area contributed by atoms with E-state index < -0.39 is 4.92 Å². The first kappa shape index (κ1) is 19.6. The van der Waals surface area contributed by atoms with Crippen LogP contribution in [0.3, 0.4) is 0 Å². The minimum absolute atomic E-state index is 0.0926. The summed E-state index contributed by atoms with van der Waals surface area (Å²) in [6.07, 6.45) is 1.55. The molecule has 2 aromatic carbocycles. The number of nitro benzene ring substituents is 1. The van der Waals surface area contributed by atoms with Gasteiger partial charge in [0.15, 0.2) is 11.6 Å². The third-order valence-electron chi connectivity index (χ3n) is 3.78. The van der Waals surface area contributed by atoms with Gasteiger partial charge in [0, 0.05) is 17.4 Å². The molecule has 1 heterocycles. The van der Waals surface area contributed by atoms with Crippen LogP contribution in [0.15, 0.2) is 58.8 Å². The molecule has 3 aromatic rings. The highest BCUT2D eigenvalue weighted by Crippen LogP contribution is 2.27. The molecule has 0 N–H and O–H groups in total. The highest BCUT2D eigenvalue weighted by atomic mass is 32.2. The summed E-state index contributed by atoms with van der Waals surface area (Å²) in [7, 11) is 0. The van der Waals surface area contributed by atoms with Crippen LogP contribution in [-0.4, -0.2) is 32.6 Å². The average molecular weight is 397 g/mol. The molecular weight excluding hydrogens is 378 g/mol. The number of nitro groups is 1. The van der Waals surface area contributed by atoms with Crippen LogP contribution < -0.4 is 4.74 Å². The summed E-state index contributed by atoms with van der Waals surface area (Å²) >= 11 is 1.52. The van der Waals surface area contributed by atoms with Crippen molar-refractivity contribution < 1.29 is 9.66 Å². The van der Waals surface area contributed by atoms with Gasteiger partial charge < -0.3 is 4.74 Å². The van der Waals surface area contributed by atoms with Crippen LogP contribution in [0.4, 0.5) is 5.69 Å². The van der Waals surface area contributed by atoms with Gasteiger partial charge in [0.05, 0.1) is 17.7 Å². The molecule has 3 rings (SSSR count). The summed E-state index contributed by atoms with van der Waals surface area (Å²) in [6.45, 7) is 3.94. The number of benzene rings is 2. The average Bonchev–Trinajstić information content (AvgIpc) is 3.06. The highest BCUT2D eigenvalue weighted by molar-refractivity contribution is 7.98. The molecule has 9 heteroatoms. The van der Waals surface area contributed by atoms with Gasteiger partial charge in [-0.3, -0.25) is 10.1 Å². The predicted octanol–water partition coefficient (Wildman–Crippen LogP) is 4.07. The fourth-order valence-corrected chi connectivity index (χ4v) is 3.33. The zero-order chi connectivity index (χ0) is 19.9. The van der Waals surface area contributed by atoms with E-state index in [1.807, 2.05) is 30.3 Å². The van der Waals surface area contributed by atoms with Crippen molar-refractivity contribution in [3.05, 3.63) is 75.6 Å². The van der Waals surface area contributed by atoms with Gasteiger partial charge in [0.1, 0.15) is 0 Å². The summed E-state index contributed by atoms with van der Waals surface area (Å²) < 4.78 is 6.92. The van der Waals surface area contributed by atoms with E-state index in [9.17, 15) is 10.1 Å². The lowest BCUT2D eigenvalue weighted by molar-refractivity contribution is -0.385. The second-order valence-electron chi connectivity index (χ2n) is 5.78. The molecule has 0 aliphatic rings. The van der Waals surface area contributed by atoms with E-state index in [2.05, 4.69) is 15.3 Å². The third kappa shape index (κ3) is 4.74. The van der Waals surface area contributed by atoms with Crippen LogP contribution in [0.25, 0.3) is 0 Å². The second-order valence-corrected chi connectivity index (χ2v) is 6.72. The van der Waals surface area contributed by atoms with Gasteiger partial charge in [0.2, 0.25) is 5.16 Å². The molecular formula is C19H19N5O3S. The van der Waals surface area contributed by atoms with E-state index in [-0.39, 0.29) is 11.4 Å². The van der Waals surface area contributed by atoms with Crippen LogP contribution in [0, 0.1) is 17.0 Å². The molecule has 0 fully saturated rings. The number of nitrogens with zero attached hydrogens (tertiary/aromatic N) is 5. The maximum Gasteiger partial charge on any atom is 0.311 e. The lowest BCUT2D eigenvalue weighted by atomic mass is 10.2. The van der Waals surface area contributed by atoms with Gasteiger partial charge in [-0.15, -0.1) is 10.2 Å². The fraction of sp³-hybridized carbons (Fsp3) is 0.211. The first-order chi connectivity index (χ1) is 13.6. The summed E-state index contributed by atoms with van der Waals surface area (Å²) in [5, 5.41) is 24.6. The Morgan fingerprint density at radius 1 is 1.25 bits per heavy atom.